The number of carbonyl (C=O) groups excluding carboxylic acids is 1. The molecule has 8 heteroatoms. The van der Waals surface area contributed by atoms with Gasteiger partial charge in [-0.2, -0.15) is 9.67 Å². The van der Waals surface area contributed by atoms with Gasteiger partial charge in [-0.15, -0.1) is 5.10 Å². The summed E-state index contributed by atoms with van der Waals surface area (Å²) in [5, 5.41) is 7.35. The van der Waals surface area contributed by atoms with Crippen molar-refractivity contribution in [3.05, 3.63) is 54.1 Å². The Hall–Kier alpha value is -3.55. The predicted octanol–water partition coefficient (Wildman–Crippen LogP) is 2.96. The maximum absolute atomic E-state index is 12.7. The van der Waals surface area contributed by atoms with E-state index in [1.165, 1.54) is 18.5 Å². The first kappa shape index (κ1) is 18.8. The lowest BCUT2D eigenvalue weighted by Gasteiger charge is -2.17. The molecule has 1 aromatic heterocycles. The molecule has 0 saturated carbocycles. The molecule has 0 unspecified atom stereocenters. The van der Waals surface area contributed by atoms with Crippen LogP contribution in [0.25, 0.3) is 0 Å². The van der Waals surface area contributed by atoms with E-state index in [0.29, 0.717) is 5.56 Å². The molecule has 1 aliphatic heterocycles. The lowest BCUT2D eigenvalue weighted by atomic mass is 10.2. The van der Waals surface area contributed by atoms with Crippen LogP contribution in [0.4, 0.5) is 29.0 Å². The third-order valence-corrected chi connectivity index (χ3v) is 5.05. The molecule has 3 N–H and O–H groups in total. The van der Waals surface area contributed by atoms with Crippen LogP contribution >= 0.6 is 0 Å². The quantitative estimate of drug-likeness (QED) is 0.691. The molecule has 1 aliphatic rings. The Morgan fingerprint density at radius 1 is 1.03 bits per heavy atom. The highest BCUT2D eigenvalue weighted by molar-refractivity contribution is 5.97. The molecular formula is C21H25N7O. The normalized spacial score (nSPS) is 13.5. The average Bonchev–Trinajstić information content (AvgIpc) is 3.38. The molecule has 0 bridgehead atoms. The van der Waals surface area contributed by atoms with Gasteiger partial charge >= 0.3 is 0 Å². The largest absolute Gasteiger partial charge is 0.378 e. The maximum Gasteiger partial charge on any atom is 0.281 e. The molecule has 0 radical (unpaired) electrons. The van der Waals surface area contributed by atoms with E-state index in [1.54, 1.807) is 12.1 Å². The second-order valence-electron chi connectivity index (χ2n) is 7.32. The van der Waals surface area contributed by atoms with Crippen molar-refractivity contribution in [1.82, 2.24) is 14.8 Å². The number of benzene rings is 2. The topological polar surface area (TPSA) is 92.3 Å². The van der Waals surface area contributed by atoms with E-state index in [-0.39, 0.29) is 17.8 Å². The van der Waals surface area contributed by atoms with Gasteiger partial charge in [0.05, 0.1) is 0 Å². The Morgan fingerprint density at radius 3 is 2.31 bits per heavy atom. The van der Waals surface area contributed by atoms with Crippen molar-refractivity contribution in [2.24, 2.45) is 0 Å². The fourth-order valence-corrected chi connectivity index (χ4v) is 3.41. The molecule has 1 saturated heterocycles. The zero-order valence-electron chi connectivity index (χ0n) is 16.7. The number of carbonyl (C=O) groups is 1. The first-order valence-corrected chi connectivity index (χ1v) is 9.68. The van der Waals surface area contributed by atoms with E-state index in [4.69, 9.17) is 5.73 Å². The molecule has 29 heavy (non-hydrogen) atoms. The van der Waals surface area contributed by atoms with Crippen LogP contribution in [0.5, 0.6) is 0 Å². The van der Waals surface area contributed by atoms with Crippen molar-refractivity contribution in [3.63, 3.8) is 0 Å². The molecule has 0 aliphatic carbocycles. The second-order valence-corrected chi connectivity index (χ2v) is 7.32. The zero-order valence-corrected chi connectivity index (χ0v) is 16.7. The van der Waals surface area contributed by atoms with Gasteiger partial charge in [-0.3, -0.25) is 4.79 Å². The summed E-state index contributed by atoms with van der Waals surface area (Å²) in [5.74, 6) is 0.00953. The SMILES string of the molecule is CN(C)c1ccc(C(=O)n2nc(Nc3ccc(N4CCCC4)cc3)nc2N)cc1. The monoisotopic (exact) mass is 391 g/mol. The van der Waals surface area contributed by atoms with Gasteiger partial charge in [-0.1, -0.05) is 0 Å². The van der Waals surface area contributed by atoms with Gasteiger partial charge in [-0.25, -0.2) is 0 Å². The third-order valence-electron chi connectivity index (χ3n) is 5.05. The Bertz CT molecular complexity index is 987. The molecule has 150 valence electrons. The summed E-state index contributed by atoms with van der Waals surface area (Å²) in [6.07, 6.45) is 2.49. The third kappa shape index (κ3) is 4.01. The number of hydrogen-bond acceptors (Lipinski definition) is 7. The Balaban J connectivity index is 1.48. The van der Waals surface area contributed by atoms with Gasteiger partial charge in [0.25, 0.3) is 5.91 Å². The van der Waals surface area contributed by atoms with Crippen molar-refractivity contribution < 1.29 is 4.79 Å². The van der Waals surface area contributed by atoms with Crippen molar-refractivity contribution in [2.45, 2.75) is 12.8 Å². The summed E-state index contributed by atoms with van der Waals surface area (Å²) in [6, 6.07) is 15.4. The lowest BCUT2D eigenvalue weighted by molar-refractivity contribution is 0.0948. The van der Waals surface area contributed by atoms with E-state index in [0.717, 1.165) is 29.1 Å². The van der Waals surface area contributed by atoms with E-state index >= 15 is 0 Å². The van der Waals surface area contributed by atoms with Gasteiger partial charge in [-0.05, 0) is 61.4 Å². The Morgan fingerprint density at radius 2 is 1.69 bits per heavy atom. The summed E-state index contributed by atoms with van der Waals surface area (Å²) >= 11 is 0. The number of anilines is 5. The van der Waals surface area contributed by atoms with Crippen molar-refractivity contribution >= 4 is 34.9 Å². The van der Waals surface area contributed by atoms with Crippen molar-refractivity contribution in [3.8, 4) is 0 Å². The van der Waals surface area contributed by atoms with Crippen LogP contribution in [0.3, 0.4) is 0 Å². The molecule has 0 spiro atoms. The molecule has 3 aromatic rings. The number of rotatable bonds is 5. The summed E-state index contributed by atoms with van der Waals surface area (Å²) in [7, 11) is 3.89. The molecular weight excluding hydrogens is 366 g/mol. The minimum atomic E-state index is -0.322. The van der Waals surface area contributed by atoms with Crippen LogP contribution in [-0.4, -0.2) is 47.9 Å². The molecule has 0 amide bonds. The van der Waals surface area contributed by atoms with E-state index < -0.39 is 0 Å². The standard InChI is InChI=1S/C21H25N7O/c1-26(2)17-9-5-15(6-10-17)19(29)28-20(22)24-21(25-28)23-16-7-11-18(12-8-16)27-13-3-4-14-27/h5-12H,3-4,13-14H2,1-2H3,(H3,22,23,24,25). The minimum absolute atomic E-state index is 0.0443. The van der Waals surface area contributed by atoms with Crippen LogP contribution in [0.15, 0.2) is 48.5 Å². The fraction of sp³-hybridized carbons (Fsp3) is 0.286. The Labute approximate surface area is 169 Å². The second kappa shape index (κ2) is 7.83. The van der Waals surface area contributed by atoms with Gasteiger partial charge in [0.2, 0.25) is 11.9 Å². The first-order valence-electron chi connectivity index (χ1n) is 9.68. The van der Waals surface area contributed by atoms with Crippen LogP contribution in [0, 0.1) is 0 Å². The molecule has 0 atom stereocenters. The van der Waals surface area contributed by atoms with E-state index in [1.807, 2.05) is 43.3 Å². The highest BCUT2D eigenvalue weighted by Crippen LogP contribution is 2.23. The van der Waals surface area contributed by atoms with Gasteiger partial charge in [0.1, 0.15) is 0 Å². The molecule has 4 rings (SSSR count). The van der Waals surface area contributed by atoms with Crippen molar-refractivity contribution in [2.75, 3.05) is 48.0 Å². The van der Waals surface area contributed by atoms with Crippen molar-refractivity contribution in [1.29, 1.82) is 0 Å². The highest BCUT2D eigenvalue weighted by Gasteiger charge is 2.17. The summed E-state index contributed by atoms with van der Waals surface area (Å²) in [5.41, 5.74) is 9.48. The number of nitrogen functional groups attached to an aromatic ring is 1. The zero-order chi connectivity index (χ0) is 20.4. The summed E-state index contributed by atoms with van der Waals surface area (Å²) in [6.45, 7) is 2.21. The number of aromatic nitrogens is 3. The molecule has 8 nitrogen and oxygen atoms in total. The lowest BCUT2D eigenvalue weighted by Crippen LogP contribution is -2.17. The average molecular weight is 391 g/mol. The van der Waals surface area contributed by atoms with Crippen LogP contribution in [0.1, 0.15) is 23.2 Å². The molecule has 2 aromatic carbocycles. The number of nitrogens with two attached hydrogens (primary N) is 1. The number of hydrogen-bond donors (Lipinski definition) is 2. The predicted molar refractivity (Wildman–Crippen MR) is 116 cm³/mol. The van der Waals surface area contributed by atoms with Gasteiger partial charge in [0, 0.05) is 49.8 Å². The molecule has 1 fully saturated rings. The van der Waals surface area contributed by atoms with Crippen LogP contribution in [-0.2, 0) is 0 Å². The van der Waals surface area contributed by atoms with E-state index in [9.17, 15) is 4.79 Å². The molecule has 2 heterocycles. The summed E-state index contributed by atoms with van der Waals surface area (Å²) < 4.78 is 1.12. The van der Waals surface area contributed by atoms with Crippen LogP contribution in [0.2, 0.25) is 0 Å². The minimum Gasteiger partial charge on any atom is -0.378 e. The number of nitrogens with one attached hydrogen (secondary N) is 1. The van der Waals surface area contributed by atoms with Gasteiger partial charge < -0.3 is 20.9 Å². The maximum atomic E-state index is 12.7. The fourth-order valence-electron chi connectivity index (χ4n) is 3.41. The van der Waals surface area contributed by atoms with E-state index in [2.05, 4.69) is 32.4 Å². The van der Waals surface area contributed by atoms with Crippen LogP contribution < -0.4 is 20.9 Å². The highest BCUT2D eigenvalue weighted by atomic mass is 16.2. The smallest absolute Gasteiger partial charge is 0.281 e. The number of nitrogens with zero attached hydrogens (tertiary/aromatic N) is 5. The summed E-state index contributed by atoms with van der Waals surface area (Å²) in [4.78, 5) is 21.3. The Kier molecular flexibility index (Phi) is 5.07. The van der Waals surface area contributed by atoms with Gasteiger partial charge in [0.15, 0.2) is 0 Å². The first-order chi connectivity index (χ1) is 14.0.